The lowest BCUT2D eigenvalue weighted by Crippen LogP contribution is -2.60. The van der Waals surface area contributed by atoms with E-state index >= 15 is 0 Å². The van der Waals surface area contributed by atoms with Crippen LogP contribution in [0.25, 0.3) is 0 Å². The third-order valence-electron chi connectivity index (χ3n) is 10.8. The minimum atomic E-state index is -1.66. The van der Waals surface area contributed by atoms with Crippen LogP contribution in [0.1, 0.15) is 187 Å². The zero-order valence-electron chi connectivity index (χ0n) is 34.2. The number of hydrogen-bond donors (Lipinski definition) is 8. The molecule has 1 fully saturated rings. The molecule has 0 saturated carbocycles. The smallest absolute Gasteiger partial charge is 0.249 e. The SMILES string of the molecule is CCCCCCCCCCCCC/C=C/CCCC(O)C(O)C(COC1OC(CO)C(O)C(O)C1O)NC(=O)C(O)CCCCCCCCCCCCC. The molecular formula is C43H83NO10. The molecule has 54 heavy (non-hydrogen) atoms. The van der Waals surface area contributed by atoms with Gasteiger partial charge in [-0.25, -0.2) is 0 Å². The van der Waals surface area contributed by atoms with Gasteiger partial charge in [-0.3, -0.25) is 4.79 Å². The van der Waals surface area contributed by atoms with Crippen LogP contribution in [0.15, 0.2) is 12.2 Å². The Labute approximate surface area is 328 Å². The second kappa shape index (κ2) is 33.9. The molecule has 1 amide bonds. The van der Waals surface area contributed by atoms with Gasteiger partial charge in [-0.1, -0.05) is 161 Å². The molecule has 320 valence electrons. The maximum atomic E-state index is 13.0. The van der Waals surface area contributed by atoms with E-state index in [1.54, 1.807) is 0 Å². The lowest BCUT2D eigenvalue weighted by Gasteiger charge is -2.40. The Kier molecular flexibility index (Phi) is 32.0. The van der Waals surface area contributed by atoms with Gasteiger partial charge in [0.2, 0.25) is 5.91 Å². The highest BCUT2D eigenvalue weighted by Gasteiger charge is 2.44. The van der Waals surface area contributed by atoms with E-state index in [1.165, 1.54) is 109 Å². The lowest BCUT2D eigenvalue weighted by molar-refractivity contribution is -0.303. The molecule has 11 nitrogen and oxygen atoms in total. The van der Waals surface area contributed by atoms with Crippen molar-refractivity contribution in [1.82, 2.24) is 5.32 Å². The predicted molar refractivity (Wildman–Crippen MR) is 215 cm³/mol. The average molecular weight is 774 g/mol. The number of hydrogen-bond acceptors (Lipinski definition) is 10. The number of carbonyl (C=O) groups excluding carboxylic acids is 1. The Hall–Kier alpha value is -1.15. The second-order valence-corrected chi connectivity index (χ2v) is 15.8. The fraction of sp³-hybridized carbons (Fsp3) is 0.930. The van der Waals surface area contributed by atoms with Crippen LogP contribution in [-0.2, 0) is 14.3 Å². The number of unbranched alkanes of at least 4 members (excludes halogenated alkanes) is 22. The summed E-state index contributed by atoms with van der Waals surface area (Å²) in [6, 6.07) is -1.18. The summed E-state index contributed by atoms with van der Waals surface area (Å²) >= 11 is 0. The predicted octanol–water partition coefficient (Wildman–Crippen LogP) is 6.50. The number of ether oxygens (including phenoxy) is 2. The van der Waals surface area contributed by atoms with E-state index in [-0.39, 0.29) is 12.8 Å². The molecule has 1 saturated heterocycles. The van der Waals surface area contributed by atoms with E-state index in [2.05, 4.69) is 31.3 Å². The second-order valence-electron chi connectivity index (χ2n) is 15.8. The standard InChI is InChI=1S/C43H83NO10/c1-3-5-7-9-11-13-15-16-17-18-19-21-22-24-26-28-30-35(46)38(48)34(33-53-43-41(51)40(50)39(49)37(32-45)54-43)44-42(52)36(47)31-29-27-25-23-20-14-12-10-8-6-4-2/h22,24,34-41,43,45-51H,3-21,23,25-33H2,1-2H3,(H,44,52)/b24-22+. The molecule has 1 heterocycles. The van der Waals surface area contributed by atoms with Gasteiger partial charge in [-0.2, -0.15) is 0 Å². The van der Waals surface area contributed by atoms with E-state index < -0.39 is 74.2 Å². The van der Waals surface area contributed by atoms with Gasteiger partial charge in [0.15, 0.2) is 6.29 Å². The van der Waals surface area contributed by atoms with Crippen LogP contribution in [0.3, 0.4) is 0 Å². The number of aliphatic hydroxyl groups is 7. The summed E-state index contributed by atoms with van der Waals surface area (Å²) in [5.41, 5.74) is 0. The van der Waals surface area contributed by atoms with Crippen molar-refractivity contribution in [3.8, 4) is 0 Å². The number of rotatable bonds is 36. The van der Waals surface area contributed by atoms with Crippen LogP contribution < -0.4 is 5.32 Å². The first kappa shape index (κ1) is 50.9. The van der Waals surface area contributed by atoms with Gasteiger partial charge >= 0.3 is 0 Å². The fourth-order valence-corrected chi connectivity index (χ4v) is 7.09. The first-order valence-electron chi connectivity index (χ1n) is 22.1. The first-order valence-corrected chi connectivity index (χ1v) is 22.1. The molecule has 0 spiro atoms. The number of nitrogens with one attached hydrogen (secondary N) is 1. The van der Waals surface area contributed by atoms with Crippen LogP contribution in [0.4, 0.5) is 0 Å². The monoisotopic (exact) mass is 774 g/mol. The molecule has 0 aromatic carbocycles. The molecule has 0 aliphatic carbocycles. The largest absolute Gasteiger partial charge is 0.394 e. The number of carbonyl (C=O) groups is 1. The van der Waals surface area contributed by atoms with Crippen molar-refractivity contribution in [2.24, 2.45) is 0 Å². The summed E-state index contributed by atoms with van der Waals surface area (Å²) in [5.74, 6) is -0.707. The highest BCUT2D eigenvalue weighted by molar-refractivity contribution is 5.80. The Morgan fingerprint density at radius 1 is 0.630 bits per heavy atom. The lowest BCUT2D eigenvalue weighted by atomic mass is 9.98. The summed E-state index contributed by atoms with van der Waals surface area (Å²) in [4.78, 5) is 13.0. The van der Waals surface area contributed by atoms with Crippen LogP contribution in [0.2, 0.25) is 0 Å². The molecule has 0 bridgehead atoms. The third kappa shape index (κ3) is 23.8. The van der Waals surface area contributed by atoms with E-state index in [4.69, 9.17) is 9.47 Å². The van der Waals surface area contributed by atoms with Gasteiger partial charge in [-0.05, 0) is 38.5 Å². The van der Waals surface area contributed by atoms with Crippen molar-refractivity contribution < 1.29 is 50.0 Å². The summed E-state index contributed by atoms with van der Waals surface area (Å²) in [7, 11) is 0. The Morgan fingerprint density at radius 3 is 1.59 bits per heavy atom. The van der Waals surface area contributed by atoms with Gasteiger partial charge in [0, 0.05) is 0 Å². The van der Waals surface area contributed by atoms with Gasteiger partial charge in [0.1, 0.15) is 36.6 Å². The molecule has 9 atom stereocenters. The van der Waals surface area contributed by atoms with Crippen LogP contribution in [0.5, 0.6) is 0 Å². The summed E-state index contributed by atoms with van der Waals surface area (Å²) in [5, 5.41) is 75.4. The highest BCUT2D eigenvalue weighted by Crippen LogP contribution is 2.23. The number of amides is 1. The topological polar surface area (TPSA) is 189 Å². The van der Waals surface area contributed by atoms with Gasteiger partial charge in [0.25, 0.3) is 0 Å². The molecule has 0 aromatic heterocycles. The van der Waals surface area contributed by atoms with E-state index in [0.717, 1.165) is 38.5 Å². The minimum absolute atomic E-state index is 0.257. The number of allylic oxidation sites excluding steroid dienone is 2. The molecule has 1 aliphatic rings. The minimum Gasteiger partial charge on any atom is -0.394 e. The molecule has 8 N–H and O–H groups in total. The van der Waals surface area contributed by atoms with E-state index in [1.807, 2.05) is 0 Å². The van der Waals surface area contributed by atoms with Crippen molar-refractivity contribution >= 4 is 5.91 Å². The molecule has 0 radical (unpaired) electrons. The Balaban J connectivity index is 2.51. The van der Waals surface area contributed by atoms with Crippen molar-refractivity contribution in [1.29, 1.82) is 0 Å². The molecule has 11 heteroatoms. The van der Waals surface area contributed by atoms with Crippen molar-refractivity contribution in [3.63, 3.8) is 0 Å². The average Bonchev–Trinajstić information content (AvgIpc) is 3.17. The van der Waals surface area contributed by atoms with E-state index in [0.29, 0.717) is 12.8 Å². The van der Waals surface area contributed by atoms with Gasteiger partial charge in [0.05, 0.1) is 25.4 Å². The molecular weight excluding hydrogens is 690 g/mol. The van der Waals surface area contributed by atoms with Crippen molar-refractivity contribution in [2.75, 3.05) is 13.2 Å². The third-order valence-corrected chi connectivity index (χ3v) is 10.8. The summed E-state index contributed by atoms with van der Waals surface area (Å²) in [6.07, 6.45) is 22.7. The maximum Gasteiger partial charge on any atom is 0.249 e. The Morgan fingerprint density at radius 2 is 1.09 bits per heavy atom. The summed E-state index contributed by atoms with van der Waals surface area (Å²) < 4.78 is 11.0. The maximum absolute atomic E-state index is 13.0. The van der Waals surface area contributed by atoms with Gasteiger partial charge < -0.3 is 50.5 Å². The molecule has 0 aromatic rings. The zero-order valence-corrected chi connectivity index (χ0v) is 34.2. The van der Waals surface area contributed by atoms with Crippen LogP contribution >= 0.6 is 0 Å². The summed E-state index contributed by atoms with van der Waals surface area (Å²) in [6.45, 7) is 3.40. The Bertz CT molecular complexity index is 892. The number of aliphatic hydroxyl groups excluding tert-OH is 7. The fourth-order valence-electron chi connectivity index (χ4n) is 7.09. The van der Waals surface area contributed by atoms with E-state index in [9.17, 15) is 40.5 Å². The van der Waals surface area contributed by atoms with Crippen molar-refractivity contribution in [3.05, 3.63) is 12.2 Å². The normalized spacial score (nSPS) is 22.7. The molecule has 1 aliphatic heterocycles. The van der Waals surface area contributed by atoms with Crippen LogP contribution in [-0.4, -0.2) is 110 Å². The first-order chi connectivity index (χ1) is 26.2. The molecule has 9 unspecified atom stereocenters. The molecule has 1 rings (SSSR count). The van der Waals surface area contributed by atoms with Gasteiger partial charge in [-0.15, -0.1) is 0 Å². The van der Waals surface area contributed by atoms with Crippen LogP contribution in [0, 0.1) is 0 Å². The van der Waals surface area contributed by atoms with Crippen molar-refractivity contribution in [2.45, 2.75) is 242 Å². The quantitative estimate of drug-likeness (QED) is 0.0258. The zero-order chi connectivity index (χ0) is 39.8. The highest BCUT2D eigenvalue weighted by atomic mass is 16.7.